The second-order valence-corrected chi connectivity index (χ2v) is 3.92. The Morgan fingerprint density at radius 2 is 2.00 bits per heavy atom. The van der Waals surface area contributed by atoms with Crippen LogP contribution < -0.4 is 5.32 Å². The second-order valence-electron chi connectivity index (χ2n) is 2.59. The number of benzene rings is 1. The summed E-state index contributed by atoms with van der Waals surface area (Å²) in [7, 11) is 0. The van der Waals surface area contributed by atoms with Crippen LogP contribution in [-0.2, 0) is 4.79 Å². The molecule has 1 N–H and O–H groups in total. The summed E-state index contributed by atoms with van der Waals surface area (Å²) < 4.78 is 0.682. The molecule has 0 saturated carbocycles. The van der Waals surface area contributed by atoms with E-state index >= 15 is 0 Å². The molecule has 1 aliphatic rings. The molecule has 0 unspecified atom stereocenters. The van der Waals surface area contributed by atoms with Crippen molar-refractivity contribution in [2.45, 2.75) is 0 Å². The zero-order valence-corrected chi connectivity index (χ0v) is 8.57. The van der Waals surface area contributed by atoms with E-state index in [0.29, 0.717) is 20.7 Å². The first-order valence-electron chi connectivity index (χ1n) is 3.44. The lowest BCUT2D eigenvalue weighted by Gasteiger charge is -2.00. The summed E-state index contributed by atoms with van der Waals surface area (Å²) in [6, 6.07) is 3.20. The summed E-state index contributed by atoms with van der Waals surface area (Å²) >= 11 is 9.00. The van der Waals surface area contributed by atoms with Gasteiger partial charge in [0.05, 0.1) is 16.3 Å². The SMILES string of the molecule is O=C1Nc2c(Cl)cc(Br)cc2C1=O. The van der Waals surface area contributed by atoms with E-state index in [1.807, 2.05) is 0 Å². The first kappa shape index (κ1) is 8.72. The van der Waals surface area contributed by atoms with E-state index in [9.17, 15) is 9.59 Å². The first-order chi connectivity index (χ1) is 6.09. The number of carbonyl (C=O) groups is 2. The van der Waals surface area contributed by atoms with E-state index in [-0.39, 0.29) is 0 Å². The van der Waals surface area contributed by atoms with Gasteiger partial charge in [0.25, 0.3) is 11.7 Å². The Morgan fingerprint density at radius 1 is 1.31 bits per heavy atom. The van der Waals surface area contributed by atoms with Gasteiger partial charge in [-0.15, -0.1) is 0 Å². The van der Waals surface area contributed by atoms with Crippen LogP contribution in [-0.4, -0.2) is 11.7 Å². The average Bonchev–Trinajstić information content (AvgIpc) is 2.32. The van der Waals surface area contributed by atoms with Crippen LogP contribution in [0.2, 0.25) is 5.02 Å². The van der Waals surface area contributed by atoms with E-state index in [1.165, 1.54) is 0 Å². The standard InChI is InChI=1S/C8H3BrClNO2/c9-3-1-4-6(5(10)2-3)11-8(13)7(4)12/h1-2H,(H,11,12,13). The van der Waals surface area contributed by atoms with E-state index in [0.717, 1.165) is 0 Å². The Balaban J connectivity index is 2.70. The zero-order valence-electron chi connectivity index (χ0n) is 6.23. The highest BCUT2D eigenvalue weighted by Crippen LogP contribution is 2.33. The molecule has 1 aromatic carbocycles. The van der Waals surface area contributed by atoms with Gasteiger partial charge in [-0.1, -0.05) is 27.5 Å². The van der Waals surface area contributed by atoms with E-state index in [4.69, 9.17) is 11.6 Å². The predicted molar refractivity (Wildman–Crippen MR) is 52.1 cm³/mol. The molecule has 1 amide bonds. The van der Waals surface area contributed by atoms with Crippen molar-refractivity contribution in [1.82, 2.24) is 0 Å². The number of rotatable bonds is 0. The zero-order chi connectivity index (χ0) is 9.59. The van der Waals surface area contributed by atoms with Crippen molar-refractivity contribution in [3.05, 3.63) is 27.2 Å². The largest absolute Gasteiger partial charge is 0.317 e. The van der Waals surface area contributed by atoms with Crippen LogP contribution in [0.4, 0.5) is 5.69 Å². The number of anilines is 1. The molecule has 1 heterocycles. The topological polar surface area (TPSA) is 46.2 Å². The van der Waals surface area contributed by atoms with Gasteiger partial charge in [-0.25, -0.2) is 0 Å². The monoisotopic (exact) mass is 259 g/mol. The summed E-state index contributed by atoms with van der Waals surface area (Å²) in [6.45, 7) is 0. The van der Waals surface area contributed by atoms with Gasteiger partial charge in [0.2, 0.25) is 0 Å². The Morgan fingerprint density at radius 3 is 2.69 bits per heavy atom. The molecule has 0 bridgehead atoms. The fourth-order valence-electron chi connectivity index (χ4n) is 1.17. The highest BCUT2D eigenvalue weighted by molar-refractivity contribution is 9.10. The Hall–Kier alpha value is -0.870. The first-order valence-corrected chi connectivity index (χ1v) is 4.61. The average molecular weight is 260 g/mol. The van der Waals surface area contributed by atoms with Gasteiger partial charge < -0.3 is 5.32 Å². The highest BCUT2D eigenvalue weighted by atomic mass is 79.9. The minimum absolute atomic E-state index is 0.323. The number of hydrogen-bond acceptors (Lipinski definition) is 2. The van der Waals surface area contributed by atoms with E-state index < -0.39 is 11.7 Å². The lowest BCUT2D eigenvalue weighted by Crippen LogP contribution is -2.12. The van der Waals surface area contributed by atoms with Crippen molar-refractivity contribution in [2.24, 2.45) is 0 Å². The summed E-state index contributed by atoms with van der Waals surface area (Å²) in [5.41, 5.74) is 0.726. The smallest absolute Gasteiger partial charge is 0.296 e. The van der Waals surface area contributed by atoms with Crippen LogP contribution >= 0.6 is 27.5 Å². The van der Waals surface area contributed by atoms with Crippen molar-refractivity contribution in [1.29, 1.82) is 0 Å². The molecule has 0 saturated heterocycles. The van der Waals surface area contributed by atoms with Crippen molar-refractivity contribution in [3.8, 4) is 0 Å². The Kier molecular flexibility index (Phi) is 1.89. The molecule has 13 heavy (non-hydrogen) atoms. The lowest BCUT2D eigenvalue weighted by molar-refractivity contribution is -0.112. The molecule has 0 atom stereocenters. The number of ketones is 1. The molecule has 0 aromatic heterocycles. The van der Waals surface area contributed by atoms with Gasteiger partial charge in [-0.2, -0.15) is 0 Å². The van der Waals surface area contributed by atoms with Gasteiger partial charge in [0.15, 0.2) is 0 Å². The number of carbonyl (C=O) groups excluding carboxylic acids is 2. The summed E-state index contributed by atoms with van der Waals surface area (Å²) in [5, 5.41) is 2.77. The maximum atomic E-state index is 11.2. The highest BCUT2D eigenvalue weighted by Gasteiger charge is 2.29. The molecule has 0 spiro atoms. The fourth-order valence-corrected chi connectivity index (χ4v) is 2.03. The van der Waals surface area contributed by atoms with Crippen LogP contribution in [0.5, 0.6) is 0 Å². The van der Waals surface area contributed by atoms with Crippen molar-refractivity contribution in [2.75, 3.05) is 5.32 Å². The number of hydrogen-bond donors (Lipinski definition) is 1. The number of fused-ring (bicyclic) bond motifs is 1. The molecule has 1 aliphatic heterocycles. The molecule has 5 heteroatoms. The number of nitrogens with one attached hydrogen (secondary N) is 1. The van der Waals surface area contributed by atoms with Crippen LogP contribution in [0.1, 0.15) is 10.4 Å². The summed E-state index contributed by atoms with van der Waals surface area (Å²) in [5.74, 6) is -1.17. The number of halogens is 2. The molecule has 2 rings (SSSR count). The molecular formula is C8H3BrClNO2. The maximum Gasteiger partial charge on any atom is 0.296 e. The maximum absolute atomic E-state index is 11.2. The Labute approximate surface area is 87.2 Å². The van der Waals surface area contributed by atoms with Crippen molar-refractivity contribution >= 4 is 44.9 Å². The molecule has 0 fully saturated rings. The molecule has 1 aromatic rings. The number of Topliss-reactive ketones (excluding diaryl/α,β-unsaturated/α-hetero) is 1. The van der Waals surface area contributed by atoms with Gasteiger partial charge in [-0.05, 0) is 12.1 Å². The van der Waals surface area contributed by atoms with Gasteiger partial charge in [0, 0.05) is 4.47 Å². The van der Waals surface area contributed by atoms with Crippen LogP contribution in [0.3, 0.4) is 0 Å². The molecular weight excluding hydrogens is 257 g/mol. The van der Waals surface area contributed by atoms with Crippen molar-refractivity contribution < 1.29 is 9.59 Å². The molecule has 0 aliphatic carbocycles. The third-order valence-electron chi connectivity index (χ3n) is 1.74. The minimum atomic E-state index is -0.630. The fraction of sp³-hybridized carbons (Fsp3) is 0. The van der Waals surface area contributed by atoms with Gasteiger partial charge in [-0.3, -0.25) is 9.59 Å². The quantitative estimate of drug-likeness (QED) is 0.727. The lowest BCUT2D eigenvalue weighted by atomic mass is 10.1. The van der Waals surface area contributed by atoms with Crippen LogP contribution in [0.25, 0.3) is 0 Å². The van der Waals surface area contributed by atoms with E-state index in [1.54, 1.807) is 12.1 Å². The second kappa shape index (κ2) is 2.82. The molecule has 66 valence electrons. The van der Waals surface area contributed by atoms with E-state index in [2.05, 4.69) is 21.2 Å². The van der Waals surface area contributed by atoms with Crippen LogP contribution in [0, 0.1) is 0 Å². The predicted octanol–water partition coefficient (Wildman–Crippen LogP) is 2.24. The van der Waals surface area contributed by atoms with Crippen LogP contribution in [0.15, 0.2) is 16.6 Å². The normalized spacial score (nSPS) is 14.3. The third-order valence-corrected chi connectivity index (χ3v) is 2.50. The summed E-state index contributed by atoms with van der Waals surface area (Å²) in [6.07, 6.45) is 0. The van der Waals surface area contributed by atoms with Gasteiger partial charge >= 0.3 is 0 Å². The summed E-state index contributed by atoms with van der Waals surface area (Å²) in [4.78, 5) is 22.2. The Bertz CT molecular complexity index is 430. The minimum Gasteiger partial charge on any atom is -0.317 e. The van der Waals surface area contributed by atoms with Gasteiger partial charge in [0.1, 0.15) is 0 Å². The molecule has 0 radical (unpaired) electrons. The third kappa shape index (κ3) is 1.26. The van der Waals surface area contributed by atoms with Crippen molar-refractivity contribution in [3.63, 3.8) is 0 Å². The molecule has 3 nitrogen and oxygen atoms in total. The number of amides is 1.